The Morgan fingerprint density at radius 2 is 1.79 bits per heavy atom. The van der Waals surface area contributed by atoms with Gasteiger partial charge in [0.25, 0.3) is 0 Å². The molecule has 8 nitrogen and oxygen atoms in total. The normalized spacial score (nSPS) is 20.9. The average Bonchev–Trinajstić information content (AvgIpc) is 3.24. The van der Waals surface area contributed by atoms with Gasteiger partial charge in [-0.1, -0.05) is 0 Å². The molecule has 0 aromatic heterocycles. The molecule has 2 aliphatic rings. The van der Waals surface area contributed by atoms with Gasteiger partial charge in [0.15, 0.2) is 17.5 Å². The van der Waals surface area contributed by atoms with E-state index in [-0.39, 0.29) is 0 Å². The van der Waals surface area contributed by atoms with Crippen molar-refractivity contribution in [3.05, 3.63) is 17.7 Å². The van der Waals surface area contributed by atoms with Crippen molar-refractivity contribution < 1.29 is 18.9 Å². The molecule has 1 aromatic carbocycles. The summed E-state index contributed by atoms with van der Waals surface area (Å²) in [6, 6.07) is 4.49. The van der Waals surface area contributed by atoms with Crippen LogP contribution in [0.2, 0.25) is 0 Å². The number of rotatable bonds is 6. The lowest BCUT2D eigenvalue weighted by Crippen LogP contribution is -2.46. The molecule has 0 bridgehead atoms. The van der Waals surface area contributed by atoms with Gasteiger partial charge in [-0.25, -0.2) is 0 Å². The fraction of sp³-hybridized carbons (Fsp3) is 0.650. The minimum Gasteiger partial charge on any atom is -0.493 e. The predicted molar refractivity (Wildman–Crippen MR) is 109 cm³/mol. The van der Waals surface area contributed by atoms with Crippen LogP contribution in [0.25, 0.3) is 0 Å². The van der Waals surface area contributed by atoms with Crippen LogP contribution in [0, 0.1) is 0 Å². The molecule has 1 atom stereocenters. The number of nitrogens with one attached hydrogen (secondary N) is 1. The molecule has 2 aliphatic heterocycles. The number of hydrogen-bond donors (Lipinski definition) is 1. The second kappa shape index (κ2) is 9.84. The second-order valence-corrected chi connectivity index (χ2v) is 6.97. The number of guanidine groups is 1. The van der Waals surface area contributed by atoms with Gasteiger partial charge in [0.05, 0.1) is 34.5 Å². The molecule has 2 heterocycles. The standard InChI is InChI=1S/C20H32N4O4/c1-21-20(24-6-5-16(14-24)23-7-9-28-10-8-23)22-13-15-11-17(25-2)19(27-4)18(12-15)26-3/h11-12,16H,5-10,13-14H2,1-4H3,(H,21,22). The summed E-state index contributed by atoms with van der Waals surface area (Å²) < 4.78 is 21.8. The molecule has 1 aromatic rings. The van der Waals surface area contributed by atoms with E-state index < -0.39 is 0 Å². The number of benzene rings is 1. The van der Waals surface area contributed by atoms with Crippen LogP contribution in [-0.2, 0) is 11.3 Å². The number of methoxy groups -OCH3 is 3. The van der Waals surface area contributed by atoms with Gasteiger partial charge >= 0.3 is 0 Å². The molecule has 2 fully saturated rings. The Balaban J connectivity index is 1.61. The average molecular weight is 393 g/mol. The van der Waals surface area contributed by atoms with E-state index in [1.54, 1.807) is 21.3 Å². The van der Waals surface area contributed by atoms with Crippen LogP contribution < -0.4 is 19.5 Å². The van der Waals surface area contributed by atoms with Crippen molar-refractivity contribution in [1.29, 1.82) is 0 Å². The van der Waals surface area contributed by atoms with Crippen molar-refractivity contribution >= 4 is 5.96 Å². The number of aliphatic imine (C=N–C) groups is 1. The third-order valence-electron chi connectivity index (χ3n) is 5.41. The summed E-state index contributed by atoms with van der Waals surface area (Å²) in [5.41, 5.74) is 1.04. The lowest BCUT2D eigenvalue weighted by molar-refractivity contribution is 0.0195. The van der Waals surface area contributed by atoms with Gasteiger partial charge in [0.1, 0.15) is 0 Å². The van der Waals surface area contributed by atoms with Crippen LogP contribution >= 0.6 is 0 Å². The maximum Gasteiger partial charge on any atom is 0.203 e. The zero-order valence-corrected chi connectivity index (χ0v) is 17.4. The molecule has 0 amide bonds. The van der Waals surface area contributed by atoms with Crippen LogP contribution in [0.4, 0.5) is 0 Å². The van der Waals surface area contributed by atoms with E-state index >= 15 is 0 Å². The summed E-state index contributed by atoms with van der Waals surface area (Å²) in [7, 11) is 6.70. The Labute approximate surface area is 167 Å². The van der Waals surface area contributed by atoms with Gasteiger partial charge in [0.2, 0.25) is 5.75 Å². The minimum atomic E-state index is 0.573. The number of likely N-dealkylation sites (tertiary alicyclic amines) is 1. The molecule has 3 rings (SSSR count). The highest BCUT2D eigenvalue weighted by atomic mass is 16.5. The van der Waals surface area contributed by atoms with Crippen LogP contribution in [0.1, 0.15) is 12.0 Å². The highest BCUT2D eigenvalue weighted by molar-refractivity contribution is 5.80. The Kier molecular flexibility index (Phi) is 7.22. The first kappa shape index (κ1) is 20.5. The molecular weight excluding hydrogens is 360 g/mol. The van der Waals surface area contributed by atoms with E-state index in [0.717, 1.165) is 57.3 Å². The van der Waals surface area contributed by atoms with E-state index in [0.29, 0.717) is 29.8 Å². The highest BCUT2D eigenvalue weighted by Gasteiger charge is 2.30. The predicted octanol–water partition coefficient (Wildman–Crippen LogP) is 1.19. The molecule has 0 spiro atoms. The molecule has 1 N–H and O–H groups in total. The zero-order valence-electron chi connectivity index (χ0n) is 17.4. The first-order valence-corrected chi connectivity index (χ1v) is 9.76. The summed E-state index contributed by atoms with van der Waals surface area (Å²) in [5, 5.41) is 3.47. The SMILES string of the molecule is CN=C(NCc1cc(OC)c(OC)c(OC)c1)N1CCC(N2CCOCC2)C1. The third kappa shape index (κ3) is 4.62. The Morgan fingerprint density at radius 3 is 2.36 bits per heavy atom. The number of morpholine rings is 1. The maximum absolute atomic E-state index is 5.48. The van der Waals surface area contributed by atoms with Crippen LogP contribution in [-0.4, -0.2) is 89.6 Å². The van der Waals surface area contributed by atoms with Crippen molar-refractivity contribution in [2.24, 2.45) is 4.99 Å². The molecule has 8 heteroatoms. The quantitative estimate of drug-likeness (QED) is 0.576. The number of nitrogens with zero attached hydrogens (tertiary/aromatic N) is 3. The molecule has 28 heavy (non-hydrogen) atoms. The molecule has 156 valence electrons. The van der Waals surface area contributed by atoms with Crippen LogP contribution in [0.15, 0.2) is 17.1 Å². The van der Waals surface area contributed by atoms with Gasteiger partial charge in [0, 0.05) is 45.8 Å². The van der Waals surface area contributed by atoms with Crippen LogP contribution in [0.3, 0.4) is 0 Å². The Morgan fingerprint density at radius 1 is 1.11 bits per heavy atom. The molecule has 0 saturated carbocycles. The van der Waals surface area contributed by atoms with Crippen molar-refractivity contribution in [3.8, 4) is 17.2 Å². The Hall–Kier alpha value is -2.19. The van der Waals surface area contributed by atoms with Crippen molar-refractivity contribution in [2.75, 3.05) is 67.8 Å². The number of hydrogen-bond acceptors (Lipinski definition) is 6. The second-order valence-electron chi connectivity index (χ2n) is 6.97. The lowest BCUT2D eigenvalue weighted by Gasteiger charge is -2.32. The van der Waals surface area contributed by atoms with Crippen molar-refractivity contribution in [1.82, 2.24) is 15.1 Å². The Bertz CT molecular complexity index is 651. The van der Waals surface area contributed by atoms with E-state index in [4.69, 9.17) is 18.9 Å². The molecule has 1 unspecified atom stereocenters. The third-order valence-corrected chi connectivity index (χ3v) is 5.41. The van der Waals surface area contributed by atoms with Crippen molar-refractivity contribution in [2.45, 2.75) is 19.0 Å². The van der Waals surface area contributed by atoms with Crippen LogP contribution in [0.5, 0.6) is 17.2 Å². The summed E-state index contributed by atoms with van der Waals surface area (Å²) in [5.74, 6) is 2.83. The summed E-state index contributed by atoms with van der Waals surface area (Å²) in [6.45, 7) is 6.36. The maximum atomic E-state index is 5.48. The first-order chi connectivity index (χ1) is 13.7. The van der Waals surface area contributed by atoms with Gasteiger partial charge in [-0.3, -0.25) is 9.89 Å². The highest BCUT2D eigenvalue weighted by Crippen LogP contribution is 2.38. The molecule has 2 saturated heterocycles. The summed E-state index contributed by atoms with van der Waals surface area (Å²) >= 11 is 0. The molecular formula is C20H32N4O4. The smallest absolute Gasteiger partial charge is 0.203 e. The van der Waals surface area contributed by atoms with Crippen molar-refractivity contribution in [3.63, 3.8) is 0 Å². The summed E-state index contributed by atoms with van der Waals surface area (Å²) in [4.78, 5) is 9.35. The number of ether oxygens (including phenoxy) is 4. The molecule has 0 aliphatic carbocycles. The summed E-state index contributed by atoms with van der Waals surface area (Å²) in [6.07, 6.45) is 1.16. The fourth-order valence-corrected chi connectivity index (χ4v) is 3.93. The first-order valence-electron chi connectivity index (χ1n) is 9.76. The van der Waals surface area contributed by atoms with Gasteiger partial charge < -0.3 is 29.2 Å². The zero-order chi connectivity index (χ0) is 19.9. The molecule has 0 radical (unpaired) electrons. The minimum absolute atomic E-state index is 0.573. The van der Waals surface area contributed by atoms with Gasteiger partial charge in [-0.15, -0.1) is 0 Å². The topological polar surface area (TPSA) is 67.8 Å². The van der Waals surface area contributed by atoms with Gasteiger partial charge in [-0.05, 0) is 24.1 Å². The fourth-order valence-electron chi connectivity index (χ4n) is 3.93. The lowest BCUT2D eigenvalue weighted by atomic mass is 10.2. The van der Waals surface area contributed by atoms with Gasteiger partial charge in [-0.2, -0.15) is 0 Å². The van der Waals surface area contributed by atoms with E-state index in [1.165, 1.54) is 0 Å². The van der Waals surface area contributed by atoms with E-state index in [2.05, 4.69) is 20.1 Å². The monoisotopic (exact) mass is 392 g/mol. The van der Waals surface area contributed by atoms with E-state index in [9.17, 15) is 0 Å². The largest absolute Gasteiger partial charge is 0.493 e. The van der Waals surface area contributed by atoms with E-state index in [1.807, 2.05) is 19.2 Å².